The second-order valence-electron chi connectivity index (χ2n) is 4.17. The van der Waals surface area contributed by atoms with Crippen molar-refractivity contribution in [1.29, 1.82) is 0 Å². The molecular weight excluding hydrogens is 286 g/mol. The van der Waals surface area contributed by atoms with Gasteiger partial charge in [0.2, 0.25) is 0 Å². The SMILES string of the molecule is COc1ccc(S(=O)(=O)/N=C/C=C/c2ccccc2)cc1. The molecule has 2 rings (SSSR count). The van der Waals surface area contributed by atoms with Gasteiger partial charge in [-0.3, -0.25) is 0 Å². The molecule has 0 aliphatic heterocycles. The lowest BCUT2D eigenvalue weighted by molar-refractivity contribution is 0.414. The molecule has 108 valence electrons. The molecule has 0 radical (unpaired) electrons. The predicted octanol–water partition coefficient (Wildman–Crippen LogP) is 3.17. The highest BCUT2D eigenvalue weighted by atomic mass is 32.2. The Hall–Kier alpha value is -2.40. The second kappa shape index (κ2) is 6.85. The molecule has 0 saturated carbocycles. The molecule has 0 bridgehead atoms. The topological polar surface area (TPSA) is 55.7 Å². The zero-order valence-corrected chi connectivity index (χ0v) is 12.3. The molecule has 0 amide bonds. The van der Waals surface area contributed by atoms with E-state index in [2.05, 4.69) is 4.40 Å². The summed E-state index contributed by atoms with van der Waals surface area (Å²) in [5.74, 6) is 0.599. The predicted molar refractivity (Wildman–Crippen MR) is 84.1 cm³/mol. The number of nitrogens with zero attached hydrogens (tertiary/aromatic N) is 1. The minimum absolute atomic E-state index is 0.132. The Morgan fingerprint density at radius 1 is 1.00 bits per heavy atom. The maximum atomic E-state index is 12.0. The lowest BCUT2D eigenvalue weighted by Gasteiger charge is -2.00. The van der Waals surface area contributed by atoms with Gasteiger partial charge >= 0.3 is 0 Å². The van der Waals surface area contributed by atoms with E-state index in [9.17, 15) is 8.42 Å². The molecule has 0 atom stereocenters. The zero-order chi connectivity index (χ0) is 15.1. The molecule has 0 spiro atoms. The third-order valence-electron chi connectivity index (χ3n) is 2.73. The average Bonchev–Trinajstić information content (AvgIpc) is 2.53. The van der Waals surface area contributed by atoms with Crippen molar-refractivity contribution < 1.29 is 13.2 Å². The minimum Gasteiger partial charge on any atom is -0.497 e. The van der Waals surface area contributed by atoms with Crippen molar-refractivity contribution in [2.75, 3.05) is 7.11 Å². The Morgan fingerprint density at radius 3 is 2.29 bits per heavy atom. The van der Waals surface area contributed by atoms with Crippen LogP contribution in [-0.4, -0.2) is 21.7 Å². The van der Waals surface area contributed by atoms with Crippen molar-refractivity contribution in [1.82, 2.24) is 0 Å². The molecule has 4 nitrogen and oxygen atoms in total. The Labute approximate surface area is 124 Å². The minimum atomic E-state index is -3.68. The van der Waals surface area contributed by atoms with Gasteiger partial charge < -0.3 is 4.74 Å². The maximum Gasteiger partial charge on any atom is 0.282 e. The third kappa shape index (κ3) is 4.29. The van der Waals surface area contributed by atoms with Crippen LogP contribution in [0.2, 0.25) is 0 Å². The highest BCUT2D eigenvalue weighted by molar-refractivity contribution is 7.90. The Kier molecular flexibility index (Phi) is 4.90. The van der Waals surface area contributed by atoms with Crippen molar-refractivity contribution in [2.24, 2.45) is 4.40 Å². The molecule has 0 fully saturated rings. The Bertz CT molecular complexity index is 733. The Balaban J connectivity index is 2.09. The molecule has 0 saturated heterocycles. The summed E-state index contributed by atoms with van der Waals surface area (Å²) < 4.78 is 32.5. The molecule has 0 aromatic heterocycles. The molecule has 21 heavy (non-hydrogen) atoms. The normalized spacial score (nSPS) is 12.0. The van der Waals surface area contributed by atoms with Crippen molar-refractivity contribution in [3.63, 3.8) is 0 Å². The highest BCUT2D eigenvalue weighted by Crippen LogP contribution is 2.17. The van der Waals surface area contributed by atoms with Crippen LogP contribution in [0.5, 0.6) is 5.75 Å². The van der Waals surface area contributed by atoms with Crippen LogP contribution in [0.15, 0.2) is 70.0 Å². The van der Waals surface area contributed by atoms with Gasteiger partial charge in [-0.2, -0.15) is 12.8 Å². The van der Waals surface area contributed by atoms with Crippen LogP contribution in [0.25, 0.3) is 6.08 Å². The van der Waals surface area contributed by atoms with Crippen LogP contribution in [0.3, 0.4) is 0 Å². The highest BCUT2D eigenvalue weighted by Gasteiger charge is 2.10. The molecule has 2 aromatic carbocycles. The van der Waals surface area contributed by atoms with E-state index >= 15 is 0 Å². The molecule has 0 heterocycles. The fourth-order valence-corrected chi connectivity index (χ4v) is 2.47. The van der Waals surface area contributed by atoms with E-state index in [4.69, 9.17) is 4.74 Å². The van der Waals surface area contributed by atoms with E-state index in [0.717, 1.165) is 5.56 Å². The first kappa shape index (κ1) is 15.0. The van der Waals surface area contributed by atoms with Crippen LogP contribution < -0.4 is 4.74 Å². The summed E-state index contributed by atoms with van der Waals surface area (Å²) in [7, 11) is -2.15. The number of sulfonamides is 1. The smallest absolute Gasteiger partial charge is 0.282 e. The number of rotatable bonds is 5. The molecule has 2 aromatic rings. The number of benzene rings is 2. The van der Waals surface area contributed by atoms with E-state index in [0.29, 0.717) is 5.75 Å². The summed E-state index contributed by atoms with van der Waals surface area (Å²) in [4.78, 5) is 0.132. The van der Waals surface area contributed by atoms with E-state index in [1.165, 1.54) is 25.5 Å². The maximum absolute atomic E-state index is 12.0. The van der Waals surface area contributed by atoms with Crippen LogP contribution in [-0.2, 0) is 10.0 Å². The van der Waals surface area contributed by atoms with Gasteiger partial charge in [0.25, 0.3) is 10.0 Å². The first-order valence-electron chi connectivity index (χ1n) is 6.28. The summed E-state index contributed by atoms with van der Waals surface area (Å²) >= 11 is 0. The monoisotopic (exact) mass is 301 g/mol. The number of allylic oxidation sites excluding steroid dienone is 1. The summed E-state index contributed by atoms with van der Waals surface area (Å²) in [6.45, 7) is 0. The molecule has 5 heteroatoms. The summed E-state index contributed by atoms with van der Waals surface area (Å²) in [5.41, 5.74) is 0.978. The molecular formula is C16H15NO3S. The second-order valence-corrected chi connectivity index (χ2v) is 5.81. The fourth-order valence-electron chi connectivity index (χ4n) is 1.64. The van der Waals surface area contributed by atoms with Crippen molar-refractivity contribution in [3.8, 4) is 5.75 Å². The van der Waals surface area contributed by atoms with Crippen molar-refractivity contribution >= 4 is 22.3 Å². The lowest BCUT2D eigenvalue weighted by Crippen LogP contribution is -1.96. The van der Waals surface area contributed by atoms with Gasteiger partial charge in [-0.25, -0.2) is 0 Å². The van der Waals surface area contributed by atoms with Crippen molar-refractivity contribution in [2.45, 2.75) is 4.90 Å². The van der Waals surface area contributed by atoms with Crippen LogP contribution in [0.4, 0.5) is 0 Å². The quantitative estimate of drug-likeness (QED) is 0.797. The van der Waals surface area contributed by atoms with Gasteiger partial charge in [0.15, 0.2) is 0 Å². The molecule has 0 aliphatic carbocycles. The van der Waals surface area contributed by atoms with E-state index in [1.807, 2.05) is 30.3 Å². The molecule has 0 aliphatic rings. The number of ether oxygens (including phenoxy) is 1. The van der Waals surface area contributed by atoms with Gasteiger partial charge in [-0.05, 0) is 35.9 Å². The number of hydrogen-bond acceptors (Lipinski definition) is 3. The standard InChI is InChI=1S/C16H15NO3S/c1-20-15-9-11-16(12-10-15)21(18,19)17-13-5-8-14-6-3-2-4-7-14/h2-13H,1H3/b8-5+,17-13+. The van der Waals surface area contributed by atoms with Gasteiger partial charge in [0, 0.05) is 6.21 Å². The summed E-state index contributed by atoms with van der Waals surface area (Å²) in [6.07, 6.45) is 4.65. The molecule has 0 N–H and O–H groups in total. The fraction of sp³-hybridized carbons (Fsp3) is 0.0625. The van der Waals surface area contributed by atoms with Crippen molar-refractivity contribution in [3.05, 3.63) is 66.2 Å². The van der Waals surface area contributed by atoms with Gasteiger partial charge in [0.1, 0.15) is 5.75 Å². The Morgan fingerprint density at radius 2 is 1.67 bits per heavy atom. The lowest BCUT2D eigenvalue weighted by atomic mass is 10.2. The van der Waals surface area contributed by atoms with E-state index in [1.54, 1.807) is 24.3 Å². The van der Waals surface area contributed by atoms with Crippen LogP contribution >= 0.6 is 0 Å². The first-order chi connectivity index (χ1) is 10.1. The summed E-state index contributed by atoms with van der Waals surface area (Å²) in [6, 6.07) is 15.7. The molecule has 0 unspecified atom stereocenters. The number of hydrogen-bond donors (Lipinski definition) is 0. The van der Waals surface area contributed by atoms with Crippen LogP contribution in [0.1, 0.15) is 5.56 Å². The largest absolute Gasteiger partial charge is 0.497 e. The van der Waals surface area contributed by atoms with E-state index < -0.39 is 10.0 Å². The van der Waals surface area contributed by atoms with Gasteiger partial charge in [-0.15, -0.1) is 0 Å². The third-order valence-corrected chi connectivity index (χ3v) is 4.00. The zero-order valence-electron chi connectivity index (χ0n) is 11.5. The van der Waals surface area contributed by atoms with Gasteiger partial charge in [-0.1, -0.05) is 36.4 Å². The average molecular weight is 301 g/mol. The number of methoxy groups -OCH3 is 1. The van der Waals surface area contributed by atoms with Crippen LogP contribution in [0, 0.1) is 0 Å². The van der Waals surface area contributed by atoms with E-state index in [-0.39, 0.29) is 4.90 Å². The van der Waals surface area contributed by atoms with Gasteiger partial charge in [0.05, 0.1) is 12.0 Å². The first-order valence-corrected chi connectivity index (χ1v) is 7.72. The summed E-state index contributed by atoms with van der Waals surface area (Å²) in [5, 5.41) is 0.